The van der Waals surface area contributed by atoms with Gasteiger partial charge in [0, 0.05) is 4.47 Å². The smallest absolute Gasteiger partial charge is 0.322 e. The number of hydrogen-bond donors (Lipinski definition) is 2. The van der Waals surface area contributed by atoms with Crippen LogP contribution in [0.2, 0.25) is 0 Å². The predicted molar refractivity (Wildman–Crippen MR) is 87.3 cm³/mol. The van der Waals surface area contributed by atoms with Gasteiger partial charge in [0.15, 0.2) is 0 Å². The summed E-state index contributed by atoms with van der Waals surface area (Å²) in [4.78, 5) is 37.1. The van der Waals surface area contributed by atoms with E-state index in [1.165, 1.54) is 0 Å². The second-order valence-corrected chi connectivity index (χ2v) is 7.11. The molecule has 1 saturated carbocycles. The summed E-state index contributed by atoms with van der Waals surface area (Å²) in [5, 5.41) is 3.59. The monoisotopic (exact) mass is 379 g/mol. The number of halogens is 1. The number of nitrogens with zero attached hydrogens (tertiary/aromatic N) is 1. The minimum atomic E-state index is -0.856. The highest BCUT2D eigenvalue weighted by Gasteiger charge is 2.52. The van der Waals surface area contributed by atoms with Gasteiger partial charge in [-0.3, -0.25) is 15.0 Å². The maximum absolute atomic E-state index is 12.7. The average Bonchev–Trinajstić information content (AvgIpc) is 2.75. The zero-order valence-electron chi connectivity index (χ0n) is 12.8. The summed E-state index contributed by atoms with van der Waals surface area (Å²) >= 11 is 3.29. The van der Waals surface area contributed by atoms with E-state index in [2.05, 4.69) is 33.6 Å². The van der Waals surface area contributed by atoms with Crippen molar-refractivity contribution in [3.63, 3.8) is 0 Å². The molecule has 7 heteroatoms. The number of hydrazine groups is 1. The van der Waals surface area contributed by atoms with Crippen LogP contribution in [0.1, 0.15) is 43.0 Å². The Labute approximate surface area is 142 Å². The van der Waals surface area contributed by atoms with Crippen LogP contribution in [-0.2, 0) is 4.79 Å². The zero-order chi connectivity index (χ0) is 16.6. The largest absolute Gasteiger partial charge is 0.344 e. The van der Waals surface area contributed by atoms with E-state index in [-0.39, 0.29) is 5.91 Å². The lowest BCUT2D eigenvalue weighted by molar-refractivity contribution is -0.134. The van der Waals surface area contributed by atoms with Gasteiger partial charge in [0.1, 0.15) is 5.54 Å². The zero-order valence-corrected chi connectivity index (χ0v) is 14.4. The van der Waals surface area contributed by atoms with Gasteiger partial charge in [-0.25, -0.2) is 4.79 Å². The molecule has 0 atom stereocenters. The van der Waals surface area contributed by atoms with Crippen LogP contribution in [0.4, 0.5) is 4.79 Å². The van der Waals surface area contributed by atoms with Crippen molar-refractivity contribution in [2.45, 2.75) is 38.1 Å². The molecule has 1 aliphatic carbocycles. The quantitative estimate of drug-likeness (QED) is 0.775. The van der Waals surface area contributed by atoms with Gasteiger partial charge < -0.3 is 5.32 Å². The fourth-order valence-corrected chi connectivity index (χ4v) is 3.59. The number of hydrogen-bond acceptors (Lipinski definition) is 3. The second kappa shape index (κ2) is 5.96. The highest BCUT2D eigenvalue weighted by atomic mass is 79.9. The minimum absolute atomic E-state index is 0.366. The molecule has 1 heterocycles. The second-order valence-electron chi connectivity index (χ2n) is 6.26. The normalized spacial score (nSPS) is 27.2. The third-order valence-electron chi connectivity index (χ3n) is 4.62. The fraction of sp³-hybridized carbons (Fsp3) is 0.438. The van der Waals surface area contributed by atoms with Crippen LogP contribution in [0.5, 0.6) is 0 Å². The molecule has 0 unspecified atom stereocenters. The maximum Gasteiger partial charge on any atom is 0.344 e. The van der Waals surface area contributed by atoms with E-state index in [1.807, 2.05) is 0 Å². The molecule has 2 aliphatic rings. The molecule has 122 valence electrons. The van der Waals surface area contributed by atoms with E-state index in [1.54, 1.807) is 24.3 Å². The SMILES string of the molecule is CC1CCC2(CC1)NC(=O)N(NC(=O)c1ccccc1Br)C2=O. The van der Waals surface area contributed by atoms with E-state index in [4.69, 9.17) is 0 Å². The van der Waals surface area contributed by atoms with Crippen molar-refractivity contribution in [1.29, 1.82) is 0 Å². The molecule has 0 bridgehead atoms. The molecular formula is C16H18BrN3O3. The molecule has 6 nitrogen and oxygen atoms in total. The molecule has 2 N–H and O–H groups in total. The molecule has 23 heavy (non-hydrogen) atoms. The number of nitrogens with one attached hydrogen (secondary N) is 2. The number of rotatable bonds is 2. The van der Waals surface area contributed by atoms with Crippen molar-refractivity contribution in [3.8, 4) is 0 Å². The molecule has 1 spiro atoms. The van der Waals surface area contributed by atoms with Crippen molar-refractivity contribution in [2.75, 3.05) is 0 Å². The van der Waals surface area contributed by atoms with Gasteiger partial charge in [-0.05, 0) is 59.7 Å². The first-order valence-electron chi connectivity index (χ1n) is 7.65. The first-order chi connectivity index (χ1) is 10.9. The molecule has 2 fully saturated rings. The molecule has 1 saturated heterocycles. The average molecular weight is 380 g/mol. The van der Waals surface area contributed by atoms with Crippen molar-refractivity contribution in [2.24, 2.45) is 5.92 Å². The van der Waals surface area contributed by atoms with Crippen LogP contribution >= 0.6 is 15.9 Å². The van der Waals surface area contributed by atoms with E-state index < -0.39 is 17.5 Å². The molecule has 0 radical (unpaired) electrons. The van der Waals surface area contributed by atoms with Crippen LogP contribution in [0.3, 0.4) is 0 Å². The molecule has 3 rings (SSSR count). The van der Waals surface area contributed by atoms with Crippen LogP contribution in [-0.4, -0.2) is 28.4 Å². The summed E-state index contributed by atoms with van der Waals surface area (Å²) < 4.78 is 0.603. The molecular weight excluding hydrogens is 362 g/mol. The summed E-state index contributed by atoms with van der Waals surface area (Å²) in [5.41, 5.74) is 1.93. The van der Waals surface area contributed by atoms with E-state index in [9.17, 15) is 14.4 Å². The third-order valence-corrected chi connectivity index (χ3v) is 5.31. The Balaban J connectivity index is 1.76. The van der Waals surface area contributed by atoms with Crippen molar-refractivity contribution < 1.29 is 14.4 Å². The van der Waals surface area contributed by atoms with Gasteiger partial charge in [0.05, 0.1) is 5.56 Å². The number of carbonyl (C=O) groups excluding carboxylic acids is 3. The lowest BCUT2D eigenvalue weighted by Crippen LogP contribution is -2.51. The number of urea groups is 1. The highest BCUT2D eigenvalue weighted by Crippen LogP contribution is 2.35. The van der Waals surface area contributed by atoms with Crippen molar-refractivity contribution in [3.05, 3.63) is 34.3 Å². The molecule has 1 aliphatic heterocycles. The summed E-state index contributed by atoms with van der Waals surface area (Å²) in [6, 6.07) is 6.29. The van der Waals surface area contributed by atoms with Crippen LogP contribution in [0.25, 0.3) is 0 Å². The number of imide groups is 1. The van der Waals surface area contributed by atoms with Crippen molar-refractivity contribution >= 4 is 33.8 Å². The summed E-state index contributed by atoms with van der Waals surface area (Å²) in [5.74, 6) is -0.314. The lowest BCUT2D eigenvalue weighted by Gasteiger charge is -2.33. The standard InChI is InChI=1S/C16H18BrN3O3/c1-10-6-8-16(9-7-10)14(22)20(15(23)18-16)19-13(21)11-4-2-3-5-12(11)17/h2-5,10H,6-9H2,1H3,(H,18,23)(H,19,21). The predicted octanol–water partition coefficient (Wildman–Crippen LogP) is 2.59. The Hall–Kier alpha value is -1.89. The van der Waals surface area contributed by atoms with Crippen LogP contribution in [0, 0.1) is 5.92 Å². The minimum Gasteiger partial charge on any atom is -0.322 e. The highest BCUT2D eigenvalue weighted by molar-refractivity contribution is 9.10. The Morgan fingerprint density at radius 3 is 2.61 bits per heavy atom. The Morgan fingerprint density at radius 2 is 1.96 bits per heavy atom. The van der Waals surface area contributed by atoms with Crippen molar-refractivity contribution in [1.82, 2.24) is 15.8 Å². The van der Waals surface area contributed by atoms with Gasteiger partial charge in [-0.2, -0.15) is 5.01 Å². The van der Waals surface area contributed by atoms with E-state index >= 15 is 0 Å². The lowest BCUT2D eigenvalue weighted by atomic mass is 9.77. The molecule has 1 aromatic rings. The first kappa shape index (κ1) is 16.0. The summed E-state index contributed by atoms with van der Waals surface area (Å²) in [7, 11) is 0. The summed E-state index contributed by atoms with van der Waals surface area (Å²) in [6.45, 7) is 2.14. The number of amides is 4. The maximum atomic E-state index is 12.7. The first-order valence-corrected chi connectivity index (χ1v) is 8.44. The molecule has 4 amide bonds. The van der Waals surface area contributed by atoms with Crippen LogP contribution in [0.15, 0.2) is 28.7 Å². The van der Waals surface area contributed by atoms with Gasteiger partial charge in [-0.1, -0.05) is 19.1 Å². The van der Waals surface area contributed by atoms with Crippen LogP contribution < -0.4 is 10.7 Å². The van der Waals surface area contributed by atoms with Gasteiger partial charge >= 0.3 is 6.03 Å². The number of carbonyl (C=O) groups is 3. The van der Waals surface area contributed by atoms with E-state index in [0.29, 0.717) is 28.8 Å². The van der Waals surface area contributed by atoms with Gasteiger partial charge in [0.25, 0.3) is 11.8 Å². The summed E-state index contributed by atoms with van der Waals surface area (Å²) in [6.07, 6.45) is 3.00. The number of benzene rings is 1. The van der Waals surface area contributed by atoms with Gasteiger partial charge in [0.2, 0.25) is 0 Å². The molecule has 0 aromatic heterocycles. The topological polar surface area (TPSA) is 78.5 Å². The Morgan fingerprint density at radius 1 is 1.30 bits per heavy atom. The van der Waals surface area contributed by atoms with Gasteiger partial charge in [-0.15, -0.1) is 0 Å². The van der Waals surface area contributed by atoms with E-state index in [0.717, 1.165) is 17.9 Å². The molecule has 1 aromatic carbocycles. The fourth-order valence-electron chi connectivity index (χ4n) is 3.12. The third kappa shape index (κ3) is 2.85. The Bertz CT molecular complexity index is 668. The Kier molecular flexibility index (Phi) is 4.14.